The number of sulfonamides is 1. The highest BCUT2D eigenvalue weighted by atomic mass is 32.2. The number of hydrogen-bond donors (Lipinski definition) is 2. The maximum atomic E-state index is 12.1. The number of aryl methyl sites for hydroxylation is 2. The molecule has 110 valence electrons. The van der Waals surface area contributed by atoms with Crippen LogP contribution in [0.15, 0.2) is 23.1 Å². The number of benzene rings is 1. The van der Waals surface area contributed by atoms with Crippen LogP contribution < -0.4 is 4.72 Å². The van der Waals surface area contributed by atoms with Crippen LogP contribution in [-0.4, -0.2) is 39.3 Å². The van der Waals surface area contributed by atoms with Gasteiger partial charge >= 0.3 is 5.97 Å². The number of methoxy groups -OCH3 is 1. The third-order valence-corrected chi connectivity index (χ3v) is 4.82. The van der Waals surface area contributed by atoms with Crippen molar-refractivity contribution in [3.8, 4) is 0 Å². The summed E-state index contributed by atoms with van der Waals surface area (Å²) in [5.74, 6) is -1.20. The molecule has 1 aliphatic carbocycles. The van der Waals surface area contributed by atoms with E-state index in [1.165, 1.54) is 12.7 Å². The van der Waals surface area contributed by atoms with Gasteiger partial charge in [-0.25, -0.2) is 17.9 Å². The van der Waals surface area contributed by atoms with E-state index >= 15 is 0 Å². The van der Waals surface area contributed by atoms with Gasteiger partial charge in [0.25, 0.3) is 0 Å². The molecule has 2 rings (SSSR count). The second-order valence-electron chi connectivity index (χ2n) is 4.70. The maximum Gasteiger partial charge on any atom is 0.334 e. The Balaban J connectivity index is 2.12. The normalized spacial score (nSPS) is 15.8. The molecule has 1 atom stereocenters. The third-order valence-electron chi connectivity index (χ3n) is 3.40. The number of hydrogen-bond acceptors (Lipinski definition) is 4. The van der Waals surface area contributed by atoms with Gasteiger partial charge in [0.05, 0.1) is 4.90 Å². The molecule has 0 saturated carbocycles. The molecule has 0 aliphatic heterocycles. The van der Waals surface area contributed by atoms with Crippen LogP contribution in [-0.2, 0) is 32.4 Å². The summed E-state index contributed by atoms with van der Waals surface area (Å²) >= 11 is 0. The summed E-state index contributed by atoms with van der Waals surface area (Å²) in [6, 6.07) is 5.03. The van der Waals surface area contributed by atoms with Gasteiger partial charge in [-0.3, -0.25) is 0 Å². The molecule has 1 aromatic carbocycles. The molecule has 1 aliphatic rings. The third kappa shape index (κ3) is 3.17. The first kappa shape index (κ1) is 15.0. The Hall–Kier alpha value is -1.44. The molecular formula is C13H17NO5S. The van der Waals surface area contributed by atoms with Crippen molar-refractivity contribution < 1.29 is 23.1 Å². The van der Waals surface area contributed by atoms with E-state index in [2.05, 4.69) is 4.72 Å². The summed E-state index contributed by atoms with van der Waals surface area (Å²) in [5, 5.41) is 8.81. The highest BCUT2D eigenvalue weighted by molar-refractivity contribution is 7.89. The lowest BCUT2D eigenvalue weighted by molar-refractivity contribution is -0.147. The molecule has 6 nitrogen and oxygen atoms in total. The van der Waals surface area contributed by atoms with Gasteiger partial charge < -0.3 is 9.84 Å². The maximum absolute atomic E-state index is 12.1. The van der Waals surface area contributed by atoms with Gasteiger partial charge in [0.1, 0.15) is 0 Å². The Bertz CT molecular complexity index is 611. The number of carboxylic acid groups (broad SMARTS) is 1. The molecule has 0 aromatic heterocycles. The number of nitrogens with one attached hydrogen (secondary N) is 1. The van der Waals surface area contributed by atoms with Crippen LogP contribution in [0.4, 0.5) is 0 Å². The van der Waals surface area contributed by atoms with Gasteiger partial charge in [-0.1, -0.05) is 6.07 Å². The first-order valence-corrected chi connectivity index (χ1v) is 7.79. The molecular weight excluding hydrogens is 282 g/mol. The van der Waals surface area contributed by atoms with Crippen molar-refractivity contribution in [1.29, 1.82) is 0 Å². The smallest absolute Gasteiger partial charge is 0.334 e. The highest BCUT2D eigenvalue weighted by Gasteiger charge is 2.22. The van der Waals surface area contributed by atoms with Crippen LogP contribution >= 0.6 is 0 Å². The number of ether oxygens (including phenoxy) is 1. The Morgan fingerprint density at radius 2 is 2.10 bits per heavy atom. The van der Waals surface area contributed by atoms with Gasteiger partial charge in [-0.05, 0) is 42.5 Å². The zero-order chi connectivity index (χ0) is 14.8. The van der Waals surface area contributed by atoms with E-state index in [-0.39, 0.29) is 11.4 Å². The predicted octanol–water partition coefficient (Wildman–Crippen LogP) is 0.553. The number of carboxylic acids is 1. The van der Waals surface area contributed by atoms with Gasteiger partial charge in [0.15, 0.2) is 6.10 Å². The highest BCUT2D eigenvalue weighted by Crippen LogP contribution is 2.24. The zero-order valence-corrected chi connectivity index (χ0v) is 11.9. The van der Waals surface area contributed by atoms with E-state index in [1.807, 2.05) is 6.07 Å². The molecule has 0 radical (unpaired) electrons. The quantitative estimate of drug-likeness (QED) is 0.800. The second kappa shape index (κ2) is 5.90. The van der Waals surface area contributed by atoms with Crippen LogP contribution in [0.5, 0.6) is 0 Å². The van der Waals surface area contributed by atoms with E-state index in [1.54, 1.807) is 12.1 Å². The van der Waals surface area contributed by atoms with E-state index in [9.17, 15) is 13.2 Å². The number of aliphatic carboxylic acids is 1. The molecule has 1 aromatic rings. The molecule has 7 heteroatoms. The van der Waals surface area contributed by atoms with Crippen molar-refractivity contribution in [1.82, 2.24) is 4.72 Å². The minimum absolute atomic E-state index is 0.165. The average Bonchev–Trinajstić information content (AvgIpc) is 2.86. The number of rotatable bonds is 6. The summed E-state index contributed by atoms with van der Waals surface area (Å²) in [4.78, 5) is 10.9. The Morgan fingerprint density at radius 1 is 1.40 bits per heavy atom. The summed E-state index contributed by atoms with van der Waals surface area (Å²) in [5.41, 5.74) is 2.23. The topological polar surface area (TPSA) is 92.7 Å². The molecule has 0 spiro atoms. The Labute approximate surface area is 117 Å². The van der Waals surface area contributed by atoms with Crippen LogP contribution in [0.3, 0.4) is 0 Å². The summed E-state index contributed by atoms with van der Waals surface area (Å²) in [6.45, 7) is -0.300. The molecule has 0 saturated heterocycles. The van der Waals surface area contributed by atoms with Gasteiger partial charge in [0.2, 0.25) is 10.0 Å². The Kier molecular flexibility index (Phi) is 4.42. The van der Waals surface area contributed by atoms with Crippen molar-refractivity contribution in [3.05, 3.63) is 29.3 Å². The van der Waals surface area contributed by atoms with Crippen LogP contribution in [0.2, 0.25) is 0 Å². The molecule has 0 fully saturated rings. The second-order valence-corrected chi connectivity index (χ2v) is 6.47. The standard InChI is InChI=1S/C13H17NO5S/c1-19-12(13(15)16)8-14-20(17,18)11-6-5-9-3-2-4-10(9)7-11/h5-7,12,14H,2-4,8H2,1H3,(H,15,16). The summed E-state index contributed by atoms with van der Waals surface area (Å²) in [6.07, 6.45) is 1.71. The largest absolute Gasteiger partial charge is 0.479 e. The molecule has 2 N–H and O–H groups in total. The number of carbonyl (C=O) groups is 1. The molecule has 0 amide bonds. The summed E-state index contributed by atoms with van der Waals surface area (Å²) in [7, 11) is -2.49. The van der Waals surface area contributed by atoms with Gasteiger partial charge in [0, 0.05) is 13.7 Å². The minimum atomic E-state index is -3.71. The fourth-order valence-corrected chi connectivity index (χ4v) is 3.34. The Morgan fingerprint density at radius 3 is 2.75 bits per heavy atom. The molecule has 0 bridgehead atoms. The predicted molar refractivity (Wildman–Crippen MR) is 72.1 cm³/mol. The van der Waals surface area contributed by atoms with E-state index < -0.39 is 22.1 Å². The van der Waals surface area contributed by atoms with Crippen molar-refractivity contribution in [2.45, 2.75) is 30.3 Å². The fourth-order valence-electron chi connectivity index (χ4n) is 2.26. The molecule has 0 heterocycles. The van der Waals surface area contributed by atoms with Crippen LogP contribution in [0.25, 0.3) is 0 Å². The molecule has 1 unspecified atom stereocenters. The monoisotopic (exact) mass is 299 g/mol. The van der Waals surface area contributed by atoms with Crippen molar-refractivity contribution in [3.63, 3.8) is 0 Å². The van der Waals surface area contributed by atoms with Crippen LogP contribution in [0, 0.1) is 0 Å². The lowest BCUT2D eigenvalue weighted by Crippen LogP contribution is -2.37. The van der Waals surface area contributed by atoms with Gasteiger partial charge in [-0.15, -0.1) is 0 Å². The first-order chi connectivity index (χ1) is 9.44. The number of fused-ring (bicyclic) bond motifs is 1. The van der Waals surface area contributed by atoms with Gasteiger partial charge in [-0.2, -0.15) is 0 Å². The van der Waals surface area contributed by atoms with Crippen molar-refractivity contribution in [2.24, 2.45) is 0 Å². The van der Waals surface area contributed by atoms with E-state index in [0.717, 1.165) is 24.8 Å². The lowest BCUT2D eigenvalue weighted by Gasteiger charge is -2.12. The average molecular weight is 299 g/mol. The minimum Gasteiger partial charge on any atom is -0.479 e. The van der Waals surface area contributed by atoms with E-state index in [4.69, 9.17) is 9.84 Å². The van der Waals surface area contributed by atoms with Crippen molar-refractivity contribution >= 4 is 16.0 Å². The SMILES string of the molecule is COC(CNS(=O)(=O)c1ccc2c(c1)CCC2)C(=O)O. The summed E-state index contributed by atoms with van der Waals surface area (Å²) < 4.78 is 31.2. The fraction of sp³-hybridized carbons (Fsp3) is 0.462. The lowest BCUT2D eigenvalue weighted by atomic mass is 10.1. The zero-order valence-electron chi connectivity index (χ0n) is 11.1. The van der Waals surface area contributed by atoms with Crippen molar-refractivity contribution in [2.75, 3.05) is 13.7 Å². The first-order valence-electron chi connectivity index (χ1n) is 6.31. The van der Waals surface area contributed by atoms with Crippen LogP contribution in [0.1, 0.15) is 17.5 Å². The van der Waals surface area contributed by atoms with E-state index in [0.29, 0.717) is 0 Å². The molecule has 20 heavy (non-hydrogen) atoms.